The molecule has 0 amide bonds. The minimum absolute atomic E-state index is 0.113. The summed E-state index contributed by atoms with van der Waals surface area (Å²) in [6, 6.07) is 8.70. The maximum atomic E-state index is 15.5. The van der Waals surface area contributed by atoms with Crippen LogP contribution in [0.15, 0.2) is 48.9 Å². The molecule has 44 heavy (non-hydrogen) atoms. The van der Waals surface area contributed by atoms with Crippen molar-refractivity contribution in [1.29, 1.82) is 0 Å². The lowest BCUT2D eigenvalue weighted by Gasteiger charge is -2.36. The molecule has 2 atom stereocenters. The Morgan fingerprint density at radius 1 is 1.14 bits per heavy atom. The largest absolute Gasteiger partial charge is 0.487 e. The van der Waals surface area contributed by atoms with Gasteiger partial charge in [-0.05, 0) is 74.9 Å². The van der Waals surface area contributed by atoms with Crippen LogP contribution in [-0.2, 0) is 4.79 Å². The summed E-state index contributed by atoms with van der Waals surface area (Å²) in [4.78, 5) is 29.1. The number of β-amino-alcohol motifs (C(OH)–C–C–N with tert-alkyl or cyclic N) is 1. The lowest BCUT2D eigenvalue weighted by Crippen LogP contribution is -2.49. The standard InChI is InChI=1S/C30H36FN7O4.C2H6/c31-27-24(2-1-3-25(27)42-23-6-12-37(13-7-23)30(8-9-30)28(40)41)36-26-14-19(5-11-33-26)20-16-34-29(35-17-20)38-18-22(39)15-21(38)4-10-32;1-2/h1-3,5,11,14,16-17,21-23,39H,4,6-10,12-13,15,18,32H2,(H,33,36)(H,40,41);1-2H3. The van der Waals surface area contributed by atoms with E-state index in [1.54, 1.807) is 42.9 Å². The van der Waals surface area contributed by atoms with Crippen molar-refractivity contribution in [3.63, 3.8) is 0 Å². The van der Waals surface area contributed by atoms with Gasteiger partial charge in [0.15, 0.2) is 11.6 Å². The van der Waals surface area contributed by atoms with Gasteiger partial charge in [-0.25, -0.2) is 19.3 Å². The predicted molar refractivity (Wildman–Crippen MR) is 167 cm³/mol. The molecule has 4 heterocycles. The Labute approximate surface area is 257 Å². The minimum atomic E-state index is -0.756. The van der Waals surface area contributed by atoms with Crippen molar-refractivity contribution in [3.8, 4) is 16.9 Å². The number of carboxylic acid groups (broad SMARTS) is 1. The van der Waals surface area contributed by atoms with Gasteiger partial charge in [-0.2, -0.15) is 0 Å². The number of carboxylic acids is 1. The highest BCUT2D eigenvalue weighted by atomic mass is 19.1. The van der Waals surface area contributed by atoms with E-state index in [0.717, 1.165) is 17.5 Å². The van der Waals surface area contributed by atoms with Crippen LogP contribution in [0.4, 0.5) is 21.8 Å². The summed E-state index contributed by atoms with van der Waals surface area (Å²) < 4.78 is 21.5. The molecule has 3 fully saturated rings. The number of nitrogens with one attached hydrogen (secondary N) is 1. The summed E-state index contributed by atoms with van der Waals surface area (Å²) in [5, 5.41) is 22.7. The number of nitrogens with zero attached hydrogens (tertiary/aromatic N) is 5. The number of halogens is 1. The van der Waals surface area contributed by atoms with E-state index < -0.39 is 23.4 Å². The molecule has 1 saturated carbocycles. The fourth-order valence-corrected chi connectivity index (χ4v) is 6.10. The van der Waals surface area contributed by atoms with E-state index in [1.165, 1.54) is 0 Å². The number of rotatable bonds is 10. The number of hydrogen-bond acceptors (Lipinski definition) is 10. The number of pyridine rings is 1. The summed E-state index contributed by atoms with van der Waals surface area (Å²) >= 11 is 0. The Morgan fingerprint density at radius 2 is 1.86 bits per heavy atom. The first-order chi connectivity index (χ1) is 21.4. The van der Waals surface area contributed by atoms with Crippen LogP contribution in [0.3, 0.4) is 0 Å². The van der Waals surface area contributed by atoms with Gasteiger partial charge in [0, 0.05) is 49.8 Å². The van der Waals surface area contributed by atoms with Gasteiger partial charge in [0.1, 0.15) is 17.5 Å². The maximum absolute atomic E-state index is 15.5. The van der Waals surface area contributed by atoms with E-state index in [-0.39, 0.29) is 23.6 Å². The molecule has 11 nitrogen and oxygen atoms in total. The number of hydrogen-bond donors (Lipinski definition) is 4. The van der Waals surface area contributed by atoms with Crippen LogP contribution in [0.1, 0.15) is 52.4 Å². The van der Waals surface area contributed by atoms with Crippen molar-refractivity contribution in [3.05, 3.63) is 54.7 Å². The van der Waals surface area contributed by atoms with Crippen LogP contribution in [0.5, 0.6) is 5.75 Å². The van der Waals surface area contributed by atoms with Crippen LogP contribution in [0.25, 0.3) is 11.1 Å². The molecule has 236 valence electrons. The number of likely N-dealkylation sites (tertiary alicyclic amines) is 1. The number of aliphatic hydroxyl groups excluding tert-OH is 1. The van der Waals surface area contributed by atoms with Gasteiger partial charge in [-0.15, -0.1) is 0 Å². The smallest absolute Gasteiger partial charge is 0.324 e. The van der Waals surface area contributed by atoms with Crippen LogP contribution >= 0.6 is 0 Å². The molecule has 1 aromatic carbocycles. The van der Waals surface area contributed by atoms with Crippen LogP contribution in [0, 0.1) is 5.82 Å². The highest BCUT2D eigenvalue weighted by Crippen LogP contribution is 2.43. The Kier molecular flexibility index (Phi) is 9.92. The zero-order chi connectivity index (χ0) is 31.3. The number of aliphatic hydroxyl groups is 1. The van der Waals surface area contributed by atoms with Gasteiger partial charge >= 0.3 is 5.97 Å². The molecule has 6 rings (SSSR count). The number of ether oxygens (including phenoxy) is 1. The first kappa shape index (κ1) is 31.6. The zero-order valence-electron chi connectivity index (χ0n) is 25.3. The second kappa shape index (κ2) is 13.8. The second-order valence-corrected chi connectivity index (χ2v) is 11.4. The van der Waals surface area contributed by atoms with E-state index in [2.05, 4.69) is 20.3 Å². The summed E-state index contributed by atoms with van der Waals surface area (Å²) in [7, 11) is 0. The molecule has 2 saturated heterocycles. The second-order valence-electron chi connectivity index (χ2n) is 11.4. The van der Waals surface area contributed by atoms with Crippen molar-refractivity contribution in [2.45, 2.75) is 76.2 Å². The molecule has 2 aliphatic heterocycles. The first-order valence-corrected chi connectivity index (χ1v) is 15.5. The highest BCUT2D eigenvalue weighted by Gasteiger charge is 2.55. The molecule has 12 heteroatoms. The quantitative estimate of drug-likeness (QED) is 0.263. The highest BCUT2D eigenvalue weighted by molar-refractivity contribution is 5.82. The van der Waals surface area contributed by atoms with E-state index in [9.17, 15) is 15.0 Å². The molecule has 3 aromatic rings. The molecule has 2 unspecified atom stereocenters. The van der Waals surface area contributed by atoms with Gasteiger partial charge in [-0.3, -0.25) is 9.69 Å². The van der Waals surface area contributed by atoms with Gasteiger partial charge in [-0.1, -0.05) is 19.9 Å². The molecule has 0 bridgehead atoms. The van der Waals surface area contributed by atoms with Gasteiger partial charge in [0.05, 0.1) is 11.8 Å². The van der Waals surface area contributed by atoms with Gasteiger partial charge in [0.2, 0.25) is 5.95 Å². The first-order valence-electron chi connectivity index (χ1n) is 15.5. The zero-order valence-corrected chi connectivity index (χ0v) is 25.3. The molecular formula is C32H42FN7O4. The summed E-state index contributed by atoms with van der Waals surface area (Å²) in [6.45, 7) is 6.24. The van der Waals surface area contributed by atoms with Crippen molar-refractivity contribution >= 4 is 23.4 Å². The Hall–Kier alpha value is -3.87. The maximum Gasteiger partial charge on any atom is 0.324 e. The van der Waals surface area contributed by atoms with Gasteiger partial charge < -0.3 is 30.9 Å². The molecule has 1 aliphatic carbocycles. The Balaban J connectivity index is 0.00000188. The number of aromatic nitrogens is 3. The summed E-state index contributed by atoms with van der Waals surface area (Å²) in [5.41, 5.74) is 6.86. The number of nitrogens with two attached hydrogens (primary N) is 1. The van der Waals surface area contributed by atoms with Crippen molar-refractivity contribution < 1.29 is 24.1 Å². The van der Waals surface area contributed by atoms with Gasteiger partial charge in [0.25, 0.3) is 0 Å². The third-order valence-corrected chi connectivity index (χ3v) is 8.57. The van der Waals surface area contributed by atoms with Crippen LogP contribution < -0.4 is 20.7 Å². The van der Waals surface area contributed by atoms with E-state index in [4.69, 9.17) is 10.5 Å². The SMILES string of the molecule is CC.NCCC1CC(O)CN1c1ncc(-c2ccnc(Nc3cccc(OC4CCN(C5(C(=O)O)CC5)CC4)c3F)c2)cn1. The van der Waals surface area contributed by atoms with Crippen molar-refractivity contribution in [2.24, 2.45) is 5.73 Å². The molecule has 0 radical (unpaired) electrons. The average Bonchev–Trinajstić information content (AvgIpc) is 3.78. The Morgan fingerprint density at radius 3 is 2.52 bits per heavy atom. The summed E-state index contributed by atoms with van der Waals surface area (Å²) in [6.07, 6.45) is 8.55. The van der Waals surface area contributed by atoms with Crippen molar-refractivity contribution in [2.75, 3.05) is 36.4 Å². The fraction of sp³-hybridized carbons (Fsp3) is 0.500. The monoisotopic (exact) mass is 607 g/mol. The predicted octanol–water partition coefficient (Wildman–Crippen LogP) is 4.20. The minimum Gasteiger partial charge on any atom is -0.487 e. The molecular weight excluding hydrogens is 565 g/mol. The lowest BCUT2D eigenvalue weighted by atomic mass is 10.0. The lowest BCUT2D eigenvalue weighted by molar-refractivity contribution is -0.146. The number of benzene rings is 1. The number of aliphatic carboxylic acids is 1. The topological polar surface area (TPSA) is 150 Å². The molecule has 5 N–H and O–H groups in total. The van der Waals surface area contributed by atoms with E-state index in [0.29, 0.717) is 70.0 Å². The molecule has 2 aromatic heterocycles. The van der Waals surface area contributed by atoms with Crippen molar-refractivity contribution in [1.82, 2.24) is 19.9 Å². The molecule has 3 aliphatic rings. The van der Waals surface area contributed by atoms with E-state index >= 15 is 4.39 Å². The number of carbonyl (C=O) groups is 1. The van der Waals surface area contributed by atoms with Crippen LogP contribution in [0.2, 0.25) is 0 Å². The number of piperidine rings is 1. The fourth-order valence-electron chi connectivity index (χ4n) is 6.10. The third kappa shape index (κ3) is 6.77. The Bertz CT molecular complexity index is 1410. The third-order valence-electron chi connectivity index (χ3n) is 8.57. The summed E-state index contributed by atoms with van der Waals surface area (Å²) in [5.74, 6) is -0.107. The number of anilines is 3. The van der Waals surface area contributed by atoms with Crippen LogP contribution in [-0.4, -0.2) is 86.0 Å². The normalized spacial score (nSPS) is 21.3. The van der Waals surface area contributed by atoms with E-state index in [1.807, 2.05) is 29.7 Å². The molecule has 0 spiro atoms. The average molecular weight is 608 g/mol.